The molecule has 0 aromatic rings. The van der Waals surface area contributed by atoms with Gasteiger partial charge in [0.1, 0.15) is 0 Å². The molecule has 0 spiro atoms. The summed E-state index contributed by atoms with van der Waals surface area (Å²) in [6, 6.07) is 0.176. The minimum Gasteiger partial charge on any atom is -0.298 e. The number of alkyl halides is 1. The summed E-state index contributed by atoms with van der Waals surface area (Å²) < 4.78 is 22.7. The van der Waals surface area contributed by atoms with Crippen LogP contribution < -0.4 is 0 Å². The van der Waals surface area contributed by atoms with Crippen molar-refractivity contribution in [2.75, 3.05) is 29.9 Å². The number of hydrogen-bond acceptors (Lipinski definition) is 3. The highest BCUT2D eigenvalue weighted by Gasteiger charge is 2.28. The molecule has 1 aliphatic rings. The standard InChI is InChI=1S/C9H18BrNO2S/c1-8(5-10)6-11-3-4-14(12,13)7-9(11)2/h8-9H,3-7H2,1-2H3. The third-order valence-corrected chi connectivity index (χ3v) is 5.52. The molecule has 3 nitrogen and oxygen atoms in total. The third-order valence-electron chi connectivity index (χ3n) is 2.62. The second-order valence-electron chi connectivity index (χ2n) is 4.22. The minimum atomic E-state index is -2.76. The normalized spacial score (nSPS) is 30.1. The van der Waals surface area contributed by atoms with Gasteiger partial charge in [0.05, 0.1) is 11.5 Å². The summed E-state index contributed by atoms with van der Waals surface area (Å²) in [5.74, 6) is 1.23. The SMILES string of the molecule is CC(CBr)CN1CCS(=O)(=O)CC1C. The first-order chi connectivity index (χ1) is 6.44. The molecule has 84 valence electrons. The molecule has 5 heteroatoms. The van der Waals surface area contributed by atoms with Gasteiger partial charge < -0.3 is 0 Å². The highest BCUT2D eigenvalue weighted by molar-refractivity contribution is 9.09. The molecular formula is C9H18BrNO2S. The van der Waals surface area contributed by atoms with Gasteiger partial charge in [0.25, 0.3) is 0 Å². The highest BCUT2D eigenvalue weighted by Crippen LogP contribution is 2.14. The predicted molar refractivity (Wildman–Crippen MR) is 62.6 cm³/mol. The molecular weight excluding hydrogens is 266 g/mol. The van der Waals surface area contributed by atoms with Crippen LogP contribution in [0.15, 0.2) is 0 Å². The van der Waals surface area contributed by atoms with E-state index in [0.29, 0.717) is 24.0 Å². The van der Waals surface area contributed by atoms with Crippen LogP contribution in [0.2, 0.25) is 0 Å². The molecule has 0 bridgehead atoms. The molecule has 0 aliphatic carbocycles. The topological polar surface area (TPSA) is 37.4 Å². The first kappa shape index (κ1) is 12.5. The lowest BCUT2D eigenvalue weighted by Gasteiger charge is -2.34. The van der Waals surface area contributed by atoms with Crippen molar-refractivity contribution in [1.82, 2.24) is 4.90 Å². The smallest absolute Gasteiger partial charge is 0.153 e. The molecule has 0 N–H and O–H groups in total. The van der Waals surface area contributed by atoms with Crippen molar-refractivity contribution in [2.45, 2.75) is 19.9 Å². The van der Waals surface area contributed by atoms with Crippen molar-refractivity contribution >= 4 is 25.8 Å². The number of rotatable bonds is 3. The summed E-state index contributed by atoms with van der Waals surface area (Å²) in [4.78, 5) is 2.27. The molecule has 1 saturated heterocycles. The van der Waals surface area contributed by atoms with Gasteiger partial charge in [-0.2, -0.15) is 0 Å². The molecule has 2 atom stereocenters. The van der Waals surface area contributed by atoms with Crippen LogP contribution in [0.1, 0.15) is 13.8 Å². The van der Waals surface area contributed by atoms with E-state index < -0.39 is 9.84 Å². The second kappa shape index (κ2) is 4.94. The van der Waals surface area contributed by atoms with Crippen LogP contribution in [0.4, 0.5) is 0 Å². The average Bonchev–Trinajstić information content (AvgIpc) is 2.09. The summed E-state index contributed by atoms with van der Waals surface area (Å²) in [7, 11) is -2.76. The van der Waals surface area contributed by atoms with E-state index in [4.69, 9.17) is 0 Å². The molecule has 0 radical (unpaired) electrons. The molecule has 0 aromatic carbocycles. The largest absolute Gasteiger partial charge is 0.298 e. The van der Waals surface area contributed by atoms with Gasteiger partial charge in [-0.3, -0.25) is 4.90 Å². The molecule has 1 rings (SSSR count). The lowest BCUT2D eigenvalue weighted by atomic mass is 10.2. The summed E-state index contributed by atoms with van der Waals surface area (Å²) >= 11 is 3.44. The number of hydrogen-bond donors (Lipinski definition) is 0. The second-order valence-corrected chi connectivity index (χ2v) is 7.09. The number of nitrogens with zero attached hydrogens (tertiary/aromatic N) is 1. The zero-order valence-electron chi connectivity index (χ0n) is 8.74. The maximum absolute atomic E-state index is 11.3. The van der Waals surface area contributed by atoms with Crippen LogP contribution in [0, 0.1) is 5.92 Å². The van der Waals surface area contributed by atoms with E-state index in [1.165, 1.54) is 0 Å². The molecule has 1 aliphatic heterocycles. The Morgan fingerprint density at radius 1 is 1.57 bits per heavy atom. The zero-order chi connectivity index (χ0) is 10.8. The van der Waals surface area contributed by atoms with Crippen LogP contribution >= 0.6 is 15.9 Å². The van der Waals surface area contributed by atoms with Crippen molar-refractivity contribution in [1.29, 1.82) is 0 Å². The van der Waals surface area contributed by atoms with Gasteiger partial charge in [0.15, 0.2) is 9.84 Å². The van der Waals surface area contributed by atoms with E-state index in [-0.39, 0.29) is 6.04 Å². The first-order valence-electron chi connectivity index (χ1n) is 4.95. The molecule has 2 unspecified atom stereocenters. The summed E-state index contributed by atoms with van der Waals surface area (Å²) in [5.41, 5.74) is 0. The molecule has 14 heavy (non-hydrogen) atoms. The Morgan fingerprint density at radius 2 is 2.21 bits per heavy atom. The Bertz CT molecular complexity index is 279. The molecule has 0 saturated carbocycles. The predicted octanol–water partition coefficient (Wildman–Crippen LogP) is 1.14. The number of sulfone groups is 1. The van der Waals surface area contributed by atoms with Gasteiger partial charge in [-0.25, -0.2) is 8.42 Å². The Balaban J connectivity index is 2.50. The van der Waals surface area contributed by atoms with Crippen LogP contribution in [-0.4, -0.2) is 49.3 Å². The fourth-order valence-corrected chi connectivity index (χ4v) is 3.58. The van der Waals surface area contributed by atoms with Crippen LogP contribution in [0.25, 0.3) is 0 Å². The van der Waals surface area contributed by atoms with E-state index >= 15 is 0 Å². The molecule has 0 aromatic heterocycles. The maximum Gasteiger partial charge on any atom is 0.153 e. The average molecular weight is 284 g/mol. The van der Waals surface area contributed by atoms with E-state index in [1.807, 2.05) is 6.92 Å². The van der Waals surface area contributed by atoms with Crippen molar-refractivity contribution in [3.8, 4) is 0 Å². The molecule has 1 heterocycles. The van der Waals surface area contributed by atoms with E-state index in [2.05, 4.69) is 27.8 Å². The maximum atomic E-state index is 11.3. The Labute approximate surface area is 94.9 Å². The van der Waals surface area contributed by atoms with Gasteiger partial charge in [-0.1, -0.05) is 22.9 Å². The molecule has 1 fully saturated rings. The summed E-state index contributed by atoms with van der Waals surface area (Å²) in [6.07, 6.45) is 0. The third kappa shape index (κ3) is 3.51. The Hall–Kier alpha value is 0.390. The van der Waals surface area contributed by atoms with Gasteiger partial charge in [-0.05, 0) is 12.8 Å². The zero-order valence-corrected chi connectivity index (χ0v) is 11.1. The summed E-state index contributed by atoms with van der Waals surface area (Å²) in [6.45, 7) is 5.85. The number of halogens is 1. The van der Waals surface area contributed by atoms with Gasteiger partial charge in [0, 0.05) is 24.5 Å². The Kier molecular flexibility index (Phi) is 4.40. The minimum absolute atomic E-state index is 0.176. The van der Waals surface area contributed by atoms with Gasteiger partial charge in [-0.15, -0.1) is 0 Å². The molecule has 0 amide bonds. The van der Waals surface area contributed by atoms with Crippen molar-refractivity contribution in [3.05, 3.63) is 0 Å². The van der Waals surface area contributed by atoms with Gasteiger partial charge in [0.2, 0.25) is 0 Å². The highest BCUT2D eigenvalue weighted by atomic mass is 79.9. The quantitative estimate of drug-likeness (QED) is 0.729. The van der Waals surface area contributed by atoms with Crippen LogP contribution in [0.3, 0.4) is 0 Å². The Morgan fingerprint density at radius 3 is 2.71 bits per heavy atom. The lowest BCUT2D eigenvalue weighted by Crippen LogP contribution is -2.48. The van der Waals surface area contributed by atoms with Crippen molar-refractivity contribution in [2.24, 2.45) is 5.92 Å². The van der Waals surface area contributed by atoms with Crippen molar-refractivity contribution in [3.63, 3.8) is 0 Å². The lowest BCUT2D eigenvalue weighted by molar-refractivity contribution is 0.204. The monoisotopic (exact) mass is 283 g/mol. The fraction of sp³-hybridized carbons (Fsp3) is 1.00. The van der Waals surface area contributed by atoms with Crippen LogP contribution in [-0.2, 0) is 9.84 Å². The van der Waals surface area contributed by atoms with E-state index in [9.17, 15) is 8.42 Å². The van der Waals surface area contributed by atoms with E-state index in [0.717, 1.165) is 11.9 Å². The first-order valence-corrected chi connectivity index (χ1v) is 7.89. The fourth-order valence-electron chi connectivity index (χ4n) is 1.75. The van der Waals surface area contributed by atoms with Crippen molar-refractivity contribution < 1.29 is 8.42 Å². The van der Waals surface area contributed by atoms with Gasteiger partial charge >= 0.3 is 0 Å². The summed E-state index contributed by atoms with van der Waals surface area (Å²) in [5, 5.41) is 0.975. The van der Waals surface area contributed by atoms with E-state index in [1.54, 1.807) is 0 Å². The van der Waals surface area contributed by atoms with Crippen LogP contribution in [0.5, 0.6) is 0 Å².